The highest BCUT2D eigenvalue weighted by atomic mass is 32.2. The van der Waals surface area contributed by atoms with Crippen molar-refractivity contribution in [2.75, 3.05) is 9.80 Å². The summed E-state index contributed by atoms with van der Waals surface area (Å²) in [5.74, 6) is 0.255. The topological polar surface area (TPSA) is 6.48 Å². The second kappa shape index (κ2) is 15.5. The molecule has 0 aromatic heterocycles. The maximum Gasteiger partial charge on any atom is 0.0736 e. The van der Waals surface area contributed by atoms with E-state index in [0.717, 1.165) is 28.4 Å². The van der Waals surface area contributed by atoms with Crippen LogP contribution in [0, 0.1) is 0 Å². The third-order valence-electron chi connectivity index (χ3n) is 13.6. The highest BCUT2D eigenvalue weighted by Gasteiger charge is 2.50. The van der Waals surface area contributed by atoms with E-state index in [2.05, 4.69) is 252 Å². The molecule has 4 heteroatoms. The van der Waals surface area contributed by atoms with Crippen LogP contribution in [0.4, 0.5) is 34.1 Å². The molecule has 0 radical (unpaired) electrons. The lowest BCUT2D eigenvalue weighted by molar-refractivity contribution is 0.722. The Morgan fingerprint density at radius 1 is 0.385 bits per heavy atom. The summed E-state index contributed by atoms with van der Waals surface area (Å²) >= 11 is 3.89. The van der Waals surface area contributed by atoms with Crippen LogP contribution in [0.25, 0.3) is 22.3 Å². The van der Waals surface area contributed by atoms with E-state index in [9.17, 15) is 0 Å². The maximum absolute atomic E-state index is 2.49. The van der Waals surface area contributed by atoms with E-state index >= 15 is 0 Å². The van der Waals surface area contributed by atoms with Crippen molar-refractivity contribution >= 4 is 57.6 Å². The molecular weight excluding hydrogens is 825 g/mol. The molecule has 0 bridgehead atoms. The first-order valence-corrected chi connectivity index (χ1v) is 24.1. The van der Waals surface area contributed by atoms with Crippen molar-refractivity contribution in [3.8, 4) is 22.3 Å². The van der Waals surface area contributed by atoms with Crippen molar-refractivity contribution in [2.45, 2.75) is 31.3 Å². The Bertz CT molecular complexity index is 3270. The molecule has 13 rings (SSSR count). The molecule has 0 N–H and O–H groups in total. The second-order valence-corrected chi connectivity index (χ2v) is 19.4. The van der Waals surface area contributed by atoms with E-state index in [1.54, 1.807) is 0 Å². The summed E-state index contributed by atoms with van der Waals surface area (Å²) in [4.78, 5) is 8.86. The highest BCUT2D eigenvalue weighted by Crippen LogP contribution is 2.63. The average molecular weight is 867 g/mol. The summed E-state index contributed by atoms with van der Waals surface area (Å²) in [5.41, 5.74) is 18.2. The molecule has 2 aliphatic heterocycles. The number of hydrogen-bond acceptors (Lipinski definition) is 4. The van der Waals surface area contributed by atoms with Crippen molar-refractivity contribution in [2.24, 2.45) is 0 Å². The molecule has 4 aliphatic rings. The number of thioether (sulfide) groups is 1. The summed E-state index contributed by atoms with van der Waals surface area (Å²) in [5, 5.41) is 0.323. The largest absolute Gasteiger partial charge is 0.310 e. The normalized spacial score (nSPS) is 16.5. The molecule has 9 aromatic carbocycles. The zero-order valence-electron chi connectivity index (χ0n) is 35.5. The Hall–Kier alpha value is -7.24. The lowest BCUT2D eigenvalue weighted by Gasteiger charge is -2.40. The van der Waals surface area contributed by atoms with Gasteiger partial charge in [-0.25, -0.2) is 0 Å². The molecule has 2 aliphatic carbocycles. The number of para-hydroxylation sites is 3. The molecule has 65 heavy (non-hydrogen) atoms. The van der Waals surface area contributed by atoms with Gasteiger partial charge in [0.15, 0.2) is 0 Å². The van der Waals surface area contributed by atoms with Gasteiger partial charge in [0.2, 0.25) is 0 Å². The van der Waals surface area contributed by atoms with Crippen LogP contribution < -0.4 is 9.80 Å². The van der Waals surface area contributed by atoms with E-state index in [4.69, 9.17) is 0 Å². The van der Waals surface area contributed by atoms with E-state index in [0.29, 0.717) is 5.25 Å². The van der Waals surface area contributed by atoms with Crippen molar-refractivity contribution < 1.29 is 0 Å². The summed E-state index contributed by atoms with van der Waals surface area (Å²) in [7, 11) is 0. The van der Waals surface area contributed by atoms with Crippen molar-refractivity contribution in [1.29, 1.82) is 0 Å². The van der Waals surface area contributed by atoms with Gasteiger partial charge >= 0.3 is 0 Å². The van der Waals surface area contributed by atoms with Crippen LogP contribution in [-0.4, -0.2) is 5.25 Å². The van der Waals surface area contributed by atoms with Crippen LogP contribution in [0.3, 0.4) is 0 Å². The Morgan fingerprint density at radius 3 is 1.62 bits per heavy atom. The number of fused-ring (bicyclic) bond motifs is 12. The van der Waals surface area contributed by atoms with Crippen LogP contribution >= 0.6 is 23.5 Å². The Morgan fingerprint density at radius 2 is 0.923 bits per heavy atom. The van der Waals surface area contributed by atoms with Crippen LogP contribution in [-0.2, 0) is 5.41 Å². The third-order valence-corrected chi connectivity index (χ3v) is 16.2. The molecule has 308 valence electrons. The first-order chi connectivity index (χ1) is 32.3. The molecule has 2 heterocycles. The van der Waals surface area contributed by atoms with E-state index < -0.39 is 5.41 Å². The van der Waals surface area contributed by atoms with Gasteiger partial charge in [-0.05, 0) is 129 Å². The summed E-state index contributed by atoms with van der Waals surface area (Å²) in [6, 6.07) is 80.8. The van der Waals surface area contributed by atoms with Gasteiger partial charge in [-0.1, -0.05) is 176 Å². The quantitative estimate of drug-likeness (QED) is 0.157. The first-order valence-electron chi connectivity index (χ1n) is 22.4. The minimum Gasteiger partial charge on any atom is -0.310 e. The monoisotopic (exact) mass is 866 g/mol. The molecular formula is C61H42N2S2. The minimum absolute atomic E-state index is 0.255. The van der Waals surface area contributed by atoms with Gasteiger partial charge in [-0.2, -0.15) is 0 Å². The maximum atomic E-state index is 2.49. The Kier molecular flexibility index (Phi) is 9.11. The fourth-order valence-corrected chi connectivity index (χ4v) is 13.6. The lowest BCUT2D eigenvalue weighted by Crippen LogP contribution is -2.32. The number of allylic oxidation sites excluding steroid dienone is 3. The van der Waals surface area contributed by atoms with Crippen molar-refractivity contribution in [3.63, 3.8) is 0 Å². The summed E-state index contributed by atoms with van der Waals surface area (Å²) in [6.45, 7) is 0. The number of rotatable bonds is 7. The van der Waals surface area contributed by atoms with E-state index in [-0.39, 0.29) is 5.92 Å². The smallest absolute Gasteiger partial charge is 0.0736 e. The van der Waals surface area contributed by atoms with Crippen molar-refractivity contribution in [1.82, 2.24) is 0 Å². The van der Waals surface area contributed by atoms with E-state index in [1.807, 2.05) is 23.5 Å². The van der Waals surface area contributed by atoms with Crippen LogP contribution in [0.5, 0.6) is 0 Å². The van der Waals surface area contributed by atoms with Crippen molar-refractivity contribution in [3.05, 3.63) is 271 Å². The molecule has 1 spiro atoms. The number of nitrogens with zero attached hydrogens (tertiary/aromatic N) is 2. The van der Waals surface area contributed by atoms with Gasteiger partial charge < -0.3 is 9.80 Å². The molecule has 2 nitrogen and oxygen atoms in total. The fraction of sp³-hybridized carbons (Fsp3) is 0.0492. The van der Waals surface area contributed by atoms with E-state index in [1.165, 1.54) is 70.4 Å². The lowest BCUT2D eigenvalue weighted by atomic mass is 9.67. The Balaban J connectivity index is 0.993. The van der Waals surface area contributed by atoms with Gasteiger partial charge in [-0.3, -0.25) is 0 Å². The molecule has 0 fully saturated rings. The van der Waals surface area contributed by atoms with Crippen LogP contribution in [0.2, 0.25) is 0 Å². The molecule has 0 saturated carbocycles. The molecule has 0 amide bonds. The van der Waals surface area contributed by atoms with Gasteiger partial charge in [-0.15, -0.1) is 11.8 Å². The number of anilines is 6. The van der Waals surface area contributed by atoms with Gasteiger partial charge in [0.25, 0.3) is 0 Å². The minimum atomic E-state index is -0.461. The fourth-order valence-electron chi connectivity index (χ4n) is 11.0. The van der Waals surface area contributed by atoms with Gasteiger partial charge in [0.05, 0.1) is 11.1 Å². The number of hydrogen-bond donors (Lipinski definition) is 0. The molecule has 0 saturated heterocycles. The highest BCUT2D eigenvalue weighted by molar-refractivity contribution is 8.00. The summed E-state index contributed by atoms with van der Waals surface area (Å²) < 4.78 is 0. The summed E-state index contributed by atoms with van der Waals surface area (Å²) in [6.07, 6.45) is 9.22. The standard InChI is InChI=1S/C61H42N2S2/c1-4-20-42(21-5-1)62(46-35-36-49-48-27-10-12-29-51(48)61(54(49)40-46)52-30-13-16-33-57(52)64-58-34-17-14-31-53(58)61)45-26-18-19-41(39-45)47-37-38-55(59-50-28-11-15-32-56(50)65-60(47)59)63(43-22-6-2-7-23-43)44-24-8-3-9-25-44/h1-40,50,56H. The third kappa shape index (κ3) is 5.98. The van der Waals surface area contributed by atoms with Crippen LogP contribution in [0.15, 0.2) is 257 Å². The van der Waals surface area contributed by atoms with Gasteiger partial charge in [0, 0.05) is 54.3 Å². The second-order valence-electron chi connectivity index (χ2n) is 17.1. The SMILES string of the molecule is C1=CC2Sc3c(-c4cccc(N(c5ccccc5)c5ccc6c(c5)C5(c7ccccc7Sc7ccccc75)c5ccccc5-6)c4)ccc(N(c4ccccc4)c4ccccc4)c3C2C=C1. The van der Waals surface area contributed by atoms with Gasteiger partial charge in [0.1, 0.15) is 0 Å². The zero-order valence-corrected chi connectivity index (χ0v) is 37.1. The predicted octanol–water partition coefficient (Wildman–Crippen LogP) is 16.8. The number of benzene rings is 9. The first kappa shape index (κ1) is 38.2. The zero-order chi connectivity index (χ0) is 42.9. The predicted molar refractivity (Wildman–Crippen MR) is 273 cm³/mol. The van der Waals surface area contributed by atoms with Crippen LogP contribution in [0.1, 0.15) is 33.7 Å². The molecule has 2 unspecified atom stereocenters. The molecule has 2 atom stereocenters. The Labute approximate surface area is 389 Å². The average Bonchev–Trinajstić information content (AvgIpc) is 3.90. The molecule has 9 aromatic rings.